The Morgan fingerprint density at radius 3 is 0.700 bits per heavy atom. The first-order valence-corrected chi connectivity index (χ1v) is 12.3. The highest BCUT2D eigenvalue weighted by atomic mass is 16.2. The van der Waals surface area contributed by atoms with Gasteiger partial charge in [-0.3, -0.25) is 14.4 Å². The Hall–Kier alpha value is -1.59. The lowest BCUT2D eigenvalue weighted by Crippen LogP contribution is -2.41. The molecular formula is C24H53N3O3. The van der Waals surface area contributed by atoms with E-state index in [1.165, 1.54) is 6.42 Å². The Morgan fingerprint density at radius 2 is 0.600 bits per heavy atom. The molecule has 1 fully saturated rings. The lowest BCUT2D eigenvalue weighted by molar-refractivity contribution is -0.134. The van der Waals surface area contributed by atoms with Crippen LogP contribution >= 0.6 is 0 Å². The van der Waals surface area contributed by atoms with E-state index in [1.54, 1.807) is 14.7 Å². The first kappa shape index (κ1) is 35.8. The normalized spacial score (nSPS) is 13.1. The minimum atomic E-state index is 0.0738. The average molecular weight is 432 g/mol. The Morgan fingerprint density at radius 1 is 0.467 bits per heavy atom. The molecule has 182 valence electrons. The van der Waals surface area contributed by atoms with E-state index >= 15 is 0 Å². The standard InChI is InChI=1S/C15H27N3O3.C3H8.3C2H6/c1-4-13(19)16-7-9-17(14(20)5-2)11-12-18(10-8-16)15(21)6-3;1-3-2;3*1-2/h4-12H2,1-3H3;3H2,1-2H3;3*1-2H3. The predicted molar refractivity (Wildman–Crippen MR) is 131 cm³/mol. The fraction of sp³-hybridized carbons (Fsp3) is 0.875. The van der Waals surface area contributed by atoms with Gasteiger partial charge < -0.3 is 14.7 Å². The summed E-state index contributed by atoms with van der Waals surface area (Å²) in [4.78, 5) is 41.1. The number of carbonyl (C=O) groups is 3. The maximum Gasteiger partial charge on any atom is 0.222 e. The second-order valence-corrected chi connectivity index (χ2v) is 5.91. The molecule has 1 saturated heterocycles. The van der Waals surface area contributed by atoms with Gasteiger partial charge in [-0.15, -0.1) is 0 Å². The largest absolute Gasteiger partial charge is 0.339 e. The minimum Gasteiger partial charge on any atom is -0.339 e. The Labute approximate surface area is 188 Å². The molecule has 0 bridgehead atoms. The van der Waals surface area contributed by atoms with Gasteiger partial charge in [0.1, 0.15) is 0 Å². The van der Waals surface area contributed by atoms with Crippen LogP contribution in [-0.4, -0.2) is 71.7 Å². The highest BCUT2D eigenvalue weighted by molar-refractivity contribution is 5.78. The summed E-state index contributed by atoms with van der Waals surface area (Å²) in [6.45, 7) is 25.0. The smallest absolute Gasteiger partial charge is 0.222 e. The number of rotatable bonds is 3. The van der Waals surface area contributed by atoms with Gasteiger partial charge in [0, 0.05) is 58.5 Å². The quantitative estimate of drug-likeness (QED) is 0.616. The van der Waals surface area contributed by atoms with E-state index in [0.717, 1.165) is 0 Å². The summed E-state index contributed by atoms with van der Waals surface area (Å²) in [5.74, 6) is 0.221. The third kappa shape index (κ3) is 17.3. The van der Waals surface area contributed by atoms with E-state index in [2.05, 4.69) is 13.8 Å². The van der Waals surface area contributed by atoms with E-state index in [4.69, 9.17) is 0 Å². The Balaban J connectivity index is -0.000000327. The molecule has 6 nitrogen and oxygen atoms in total. The maximum absolute atomic E-state index is 12.0. The van der Waals surface area contributed by atoms with Crippen molar-refractivity contribution < 1.29 is 14.4 Å². The molecule has 1 rings (SSSR count). The predicted octanol–water partition coefficient (Wildman–Crippen LogP) is 5.21. The molecule has 0 N–H and O–H groups in total. The van der Waals surface area contributed by atoms with E-state index in [-0.39, 0.29) is 17.7 Å². The van der Waals surface area contributed by atoms with Crippen molar-refractivity contribution in [3.63, 3.8) is 0 Å². The Kier molecular flexibility index (Phi) is 32.7. The second kappa shape index (κ2) is 27.4. The second-order valence-electron chi connectivity index (χ2n) is 5.91. The van der Waals surface area contributed by atoms with E-state index in [0.29, 0.717) is 58.5 Å². The molecule has 0 aromatic carbocycles. The molecule has 0 aromatic rings. The van der Waals surface area contributed by atoms with E-state index < -0.39 is 0 Å². The van der Waals surface area contributed by atoms with Crippen LogP contribution in [0.5, 0.6) is 0 Å². The summed E-state index contributed by atoms with van der Waals surface area (Å²) >= 11 is 0. The molecule has 1 heterocycles. The number of carbonyl (C=O) groups excluding carboxylic acids is 3. The molecule has 6 heteroatoms. The molecular weight excluding hydrogens is 378 g/mol. The molecule has 0 radical (unpaired) electrons. The van der Waals surface area contributed by atoms with Gasteiger partial charge in [0.25, 0.3) is 0 Å². The van der Waals surface area contributed by atoms with Gasteiger partial charge in [-0.05, 0) is 0 Å². The SMILES string of the molecule is CC.CC.CC.CCC.CCC(=O)N1CCN(C(=O)CC)CCN(C(=O)CC)CC1. The van der Waals surface area contributed by atoms with Crippen LogP contribution in [0.2, 0.25) is 0 Å². The van der Waals surface area contributed by atoms with Crippen molar-refractivity contribution in [2.24, 2.45) is 0 Å². The summed E-state index contributed by atoms with van der Waals surface area (Å²) in [5.41, 5.74) is 0. The van der Waals surface area contributed by atoms with Gasteiger partial charge in [0.2, 0.25) is 17.7 Å². The highest BCUT2D eigenvalue weighted by Gasteiger charge is 2.22. The molecule has 30 heavy (non-hydrogen) atoms. The fourth-order valence-electron chi connectivity index (χ4n) is 2.48. The monoisotopic (exact) mass is 431 g/mol. The van der Waals surface area contributed by atoms with Crippen molar-refractivity contribution in [1.82, 2.24) is 14.7 Å². The van der Waals surface area contributed by atoms with Crippen LogP contribution in [0.3, 0.4) is 0 Å². The van der Waals surface area contributed by atoms with Gasteiger partial charge in [-0.2, -0.15) is 0 Å². The summed E-state index contributed by atoms with van der Waals surface area (Å²) < 4.78 is 0. The molecule has 1 aliphatic heterocycles. The van der Waals surface area contributed by atoms with Crippen molar-refractivity contribution in [3.8, 4) is 0 Å². The molecule has 3 amide bonds. The number of hydrogen-bond donors (Lipinski definition) is 0. The number of hydrogen-bond acceptors (Lipinski definition) is 3. The first-order chi connectivity index (χ1) is 14.4. The Bertz CT molecular complexity index is 332. The molecule has 0 atom stereocenters. The maximum atomic E-state index is 12.0. The lowest BCUT2D eigenvalue weighted by Gasteiger charge is -2.25. The van der Waals surface area contributed by atoms with Crippen molar-refractivity contribution in [2.75, 3.05) is 39.3 Å². The van der Waals surface area contributed by atoms with Crippen LogP contribution < -0.4 is 0 Å². The van der Waals surface area contributed by atoms with Crippen LogP contribution in [0.1, 0.15) is 102 Å². The molecule has 0 spiro atoms. The molecule has 1 aliphatic rings. The van der Waals surface area contributed by atoms with Crippen molar-refractivity contribution in [3.05, 3.63) is 0 Å². The first-order valence-electron chi connectivity index (χ1n) is 12.3. The van der Waals surface area contributed by atoms with Crippen molar-refractivity contribution in [1.29, 1.82) is 0 Å². The van der Waals surface area contributed by atoms with Gasteiger partial charge >= 0.3 is 0 Å². The molecule has 0 saturated carbocycles. The molecule has 0 unspecified atom stereocenters. The molecule has 0 aromatic heterocycles. The van der Waals surface area contributed by atoms with E-state index in [1.807, 2.05) is 62.3 Å². The van der Waals surface area contributed by atoms with E-state index in [9.17, 15) is 14.4 Å². The van der Waals surface area contributed by atoms with Crippen LogP contribution in [-0.2, 0) is 14.4 Å². The minimum absolute atomic E-state index is 0.0738. The number of amides is 3. The van der Waals surface area contributed by atoms with Crippen LogP contribution in [0, 0.1) is 0 Å². The zero-order valence-corrected chi connectivity index (χ0v) is 22.1. The summed E-state index contributed by atoms with van der Waals surface area (Å²) in [7, 11) is 0. The lowest BCUT2D eigenvalue weighted by atomic mass is 10.3. The summed E-state index contributed by atoms with van der Waals surface area (Å²) in [5, 5.41) is 0. The van der Waals surface area contributed by atoms with Crippen LogP contribution in [0.4, 0.5) is 0 Å². The average Bonchev–Trinajstić information content (AvgIpc) is 2.92. The van der Waals surface area contributed by atoms with Crippen molar-refractivity contribution in [2.45, 2.75) is 102 Å². The zero-order valence-electron chi connectivity index (χ0n) is 22.1. The van der Waals surface area contributed by atoms with Crippen LogP contribution in [0.15, 0.2) is 0 Å². The summed E-state index contributed by atoms with van der Waals surface area (Å²) in [6.07, 6.45) is 2.59. The number of nitrogens with zero attached hydrogens (tertiary/aromatic N) is 3. The topological polar surface area (TPSA) is 60.9 Å². The van der Waals surface area contributed by atoms with Crippen LogP contribution in [0.25, 0.3) is 0 Å². The summed E-state index contributed by atoms with van der Waals surface area (Å²) in [6, 6.07) is 0. The third-order valence-corrected chi connectivity index (χ3v) is 3.88. The third-order valence-electron chi connectivity index (χ3n) is 3.88. The van der Waals surface area contributed by atoms with Gasteiger partial charge in [-0.25, -0.2) is 0 Å². The van der Waals surface area contributed by atoms with Gasteiger partial charge in [0.15, 0.2) is 0 Å². The van der Waals surface area contributed by atoms with Gasteiger partial charge in [0.05, 0.1) is 0 Å². The zero-order chi connectivity index (χ0) is 24.5. The van der Waals surface area contributed by atoms with Crippen molar-refractivity contribution >= 4 is 17.7 Å². The van der Waals surface area contributed by atoms with Gasteiger partial charge in [-0.1, -0.05) is 82.6 Å². The highest BCUT2D eigenvalue weighted by Crippen LogP contribution is 2.05. The molecule has 0 aliphatic carbocycles. The fourth-order valence-corrected chi connectivity index (χ4v) is 2.48.